The van der Waals surface area contributed by atoms with Gasteiger partial charge in [-0.1, -0.05) is 24.6 Å². The number of anilines is 1. The average Bonchev–Trinajstić information content (AvgIpc) is 2.40. The van der Waals surface area contributed by atoms with Crippen LogP contribution in [-0.4, -0.2) is 6.04 Å². The maximum atomic E-state index is 3.66. The summed E-state index contributed by atoms with van der Waals surface area (Å²) in [7, 11) is 0. The summed E-state index contributed by atoms with van der Waals surface area (Å²) in [5.74, 6) is 1.16. The fourth-order valence-electron chi connectivity index (χ4n) is 2.96. The first kappa shape index (κ1) is 11.5. The number of aryl methyl sites for hydroxylation is 1. The predicted octanol–water partition coefficient (Wildman–Crippen LogP) is 3.71. The molecule has 0 unspecified atom stereocenters. The molecule has 94 valence electrons. The number of rotatable bonds is 2. The van der Waals surface area contributed by atoms with Crippen LogP contribution in [-0.2, 0) is 0 Å². The van der Waals surface area contributed by atoms with Gasteiger partial charge < -0.3 is 0 Å². The van der Waals surface area contributed by atoms with Gasteiger partial charge in [0, 0.05) is 11.5 Å². The molecule has 3 rings (SSSR count). The molecule has 1 aliphatic rings. The third-order valence-electron chi connectivity index (χ3n) is 3.95. The zero-order valence-electron chi connectivity index (χ0n) is 11.0. The van der Waals surface area contributed by atoms with Gasteiger partial charge in [-0.05, 0) is 44.2 Å². The van der Waals surface area contributed by atoms with E-state index in [-0.39, 0.29) is 0 Å². The fraction of sp³-hybridized carbons (Fsp3) is 0.438. The molecule has 1 fully saturated rings. The van der Waals surface area contributed by atoms with Crippen molar-refractivity contribution in [2.45, 2.75) is 45.1 Å². The molecule has 0 aliphatic heterocycles. The summed E-state index contributed by atoms with van der Waals surface area (Å²) in [5.41, 5.74) is 2.55. The normalized spacial score (nSPS) is 16.9. The van der Waals surface area contributed by atoms with E-state index in [0.717, 1.165) is 5.82 Å². The van der Waals surface area contributed by atoms with Gasteiger partial charge >= 0.3 is 0 Å². The third-order valence-corrected chi connectivity index (χ3v) is 3.95. The number of pyridine rings is 1. The van der Waals surface area contributed by atoms with Crippen molar-refractivity contribution < 1.29 is 4.98 Å². The van der Waals surface area contributed by atoms with E-state index in [0.29, 0.717) is 6.04 Å². The van der Waals surface area contributed by atoms with Gasteiger partial charge in [-0.2, -0.15) is 0 Å². The summed E-state index contributed by atoms with van der Waals surface area (Å²) in [6.07, 6.45) is 6.74. The molecule has 0 radical (unpaired) electrons. The van der Waals surface area contributed by atoms with Crippen molar-refractivity contribution in [1.29, 1.82) is 0 Å². The van der Waals surface area contributed by atoms with E-state index in [1.807, 2.05) is 0 Å². The Morgan fingerprint density at radius 1 is 1.11 bits per heavy atom. The molecule has 0 spiro atoms. The van der Waals surface area contributed by atoms with Crippen molar-refractivity contribution in [1.82, 2.24) is 0 Å². The Morgan fingerprint density at radius 3 is 2.72 bits per heavy atom. The Labute approximate surface area is 108 Å². The van der Waals surface area contributed by atoms with E-state index in [2.05, 4.69) is 47.6 Å². The molecule has 2 nitrogen and oxygen atoms in total. The number of fused-ring (bicyclic) bond motifs is 1. The lowest BCUT2D eigenvalue weighted by Gasteiger charge is -2.19. The number of hydrogen-bond donors (Lipinski definition) is 1. The molecule has 2 aromatic rings. The summed E-state index contributed by atoms with van der Waals surface area (Å²) in [6, 6.07) is 11.4. The van der Waals surface area contributed by atoms with Crippen LogP contribution in [0.1, 0.15) is 37.7 Å². The molecule has 1 aromatic heterocycles. The van der Waals surface area contributed by atoms with Crippen molar-refractivity contribution in [3.8, 4) is 0 Å². The SMILES string of the molecule is Cc1cc(NC2CCCCC2)[nH+]c2ccccc12. The molecule has 1 aromatic carbocycles. The molecule has 2 heteroatoms. The van der Waals surface area contributed by atoms with E-state index >= 15 is 0 Å². The molecule has 1 saturated carbocycles. The van der Waals surface area contributed by atoms with Crippen LogP contribution in [0.4, 0.5) is 5.82 Å². The lowest BCUT2D eigenvalue weighted by Crippen LogP contribution is -2.26. The van der Waals surface area contributed by atoms with Gasteiger partial charge in [0.25, 0.3) is 5.82 Å². The number of hydrogen-bond acceptors (Lipinski definition) is 1. The highest BCUT2D eigenvalue weighted by molar-refractivity contribution is 5.80. The Balaban J connectivity index is 1.87. The summed E-state index contributed by atoms with van der Waals surface area (Å²) >= 11 is 0. The molecule has 0 amide bonds. The van der Waals surface area contributed by atoms with E-state index in [1.54, 1.807) is 0 Å². The molecule has 0 atom stereocenters. The van der Waals surface area contributed by atoms with Crippen LogP contribution in [0.15, 0.2) is 30.3 Å². The maximum absolute atomic E-state index is 3.66. The highest BCUT2D eigenvalue weighted by atomic mass is 15.0. The summed E-state index contributed by atoms with van der Waals surface area (Å²) < 4.78 is 0. The monoisotopic (exact) mass is 241 g/mol. The van der Waals surface area contributed by atoms with E-state index < -0.39 is 0 Å². The van der Waals surface area contributed by atoms with Crippen LogP contribution in [0.3, 0.4) is 0 Å². The van der Waals surface area contributed by atoms with Crippen LogP contribution in [0.5, 0.6) is 0 Å². The number of aromatic nitrogens is 1. The second kappa shape index (κ2) is 4.97. The number of para-hydroxylation sites is 1. The molecule has 1 heterocycles. The number of H-pyrrole nitrogens is 1. The Morgan fingerprint density at radius 2 is 1.89 bits per heavy atom. The molecule has 1 aliphatic carbocycles. The number of aromatic amines is 1. The minimum absolute atomic E-state index is 0.649. The van der Waals surface area contributed by atoms with Gasteiger partial charge in [-0.3, -0.25) is 5.32 Å². The number of benzene rings is 1. The van der Waals surface area contributed by atoms with Crippen molar-refractivity contribution in [2.24, 2.45) is 0 Å². The second-order valence-corrected chi connectivity index (χ2v) is 5.39. The van der Waals surface area contributed by atoms with E-state index in [4.69, 9.17) is 0 Å². The van der Waals surface area contributed by atoms with Gasteiger partial charge in [0.05, 0.1) is 6.04 Å². The minimum Gasteiger partial charge on any atom is -0.272 e. The topological polar surface area (TPSA) is 26.2 Å². The molecule has 18 heavy (non-hydrogen) atoms. The van der Waals surface area contributed by atoms with Crippen LogP contribution in [0, 0.1) is 6.92 Å². The minimum atomic E-state index is 0.649. The van der Waals surface area contributed by atoms with Crippen molar-refractivity contribution in [3.63, 3.8) is 0 Å². The standard InChI is InChI=1S/C16H20N2/c1-12-11-16(17-13-7-3-2-4-8-13)18-15-10-6-5-9-14(12)15/h5-6,9-11,13H,2-4,7-8H2,1H3,(H,17,18)/p+1. The van der Waals surface area contributed by atoms with Gasteiger partial charge in [0.1, 0.15) is 5.52 Å². The summed E-state index contributed by atoms with van der Waals surface area (Å²) in [5, 5.41) is 4.97. The van der Waals surface area contributed by atoms with Crippen LogP contribution in [0.2, 0.25) is 0 Å². The Kier molecular flexibility index (Phi) is 3.18. The highest BCUT2D eigenvalue weighted by Crippen LogP contribution is 2.22. The molecule has 2 N–H and O–H groups in total. The van der Waals surface area contributed by atoms with E-state index in [9.17, 15) is 0 Å². The Hall–Kier alpha value is -1.57. The zero-order chi connectivity index (χ0) is 12.4. The van der Waals surface area contributed by atoms with Crippen LogP contribution >= 0.6 is 0 Å². The van der Waals surface area contributed by atoms with Gasteiger partial charge in [0.15, 0.2) is 0 Å². The highest BCUT2D eigenvalue weighted by Gasteiger charge is 2.18. The van der Waals surface area contributed by atoms with Gasteiger partial charge in [0.2, 0.25) is 0 Å². The van der Waals surface area contributed by atoms with Gasteiger partial charge in [-0.15, -0.1) is 0 Å². The van der Waals surface area contributed by atoms with Gasteiger partial charge in [-0.25, -0.2) is 4.98 Å². The smallest absolute Gasteiger partial charge is 0.272 e. The summed E-state index contributed by atoms with van der Waals surface area (Å²) in [6.45, 7) is 2.18. The molecule has 0 saturated heterocycles. The quantitative estimate of drug-likeness (QED) is 0.852. The molecular formula is C16H21N2+. The largest absolute Gasteiger partial charge is 0.273 e. The molecular weight excluding hydrogens is 220 g/mol. The van der Waals surface area contributed by atoms with Crippen LogP contribution in [0.25, 0.3) is 10.9 Å². The fourth-order valence-corrected chi connectivity index (χ4v) is 2.96. The third kappa shape index (κ3) is 2.33. The van der Waals surface area contributed by atoms with E-state index in [1.165, 1.54) is 48.6 Å². The first-order chi connectivity index (χ1) is 8.83. The maximum Gasteiger partial charge on any atom is 0.273 e. The predicted molar refractivity (Wildman–Crippen MR) is 75.7 cm³/mol. The zero-order valence-corrected chi connectivity index (χ0v) is 11.0. The number of nitrogens with one attached hydrogen (secondary N) is 2. The van der Waals surface area contributed by atoms with Crippen molar-refractivity contribution in [3.05, 3.63) is 35.9 Å². The Bertz CT molecular complexity index is 542. The average molecular weight is 241 g/mol. The summed E-state index contributed by atoms with van der Waals surface area (Å²) in [4.78, 5) is 3.50. The molecule has 0 bridgehead atoms. The van der Waals surface area contributed by atoms with Crippen LogP contribution < -0.4 is 10.3 Å². The van der Waals surface area contributed by atoms with Crippen molar-refractivity contribution in [2.75, 3.05) is 5.32 Å². The van der Waals surface area contributed by atoms with Crippen molar-refractivity contribution >= 4 is 16.7 Å². The second-order valence-electron chi connectivity index (χ2n) is 5.39. The lowest BCUT2D eigenvalue weighted by molar-refractivity contribution is -0.327. The lowest BCUT2D eigenvalue weighted by atomic mass is 9.95. The first-order valence-corrected chi connectivity index (χ1v) is 7.01. The first-order valence-electron chi connectivity index (χ1n) is 7.01.